The van der Waals surface area contributed by atoms with Crippen LogP contribution in [0.5, 0.6) is 0 Å². The molecule has 0 spiro atoms. The molecule has 0 saturated heterocycles. The van der Waals surface area contributed by atoms with Gasteiger partial charge in [0.2, 0.25) is 0 Å². The molecule has 0 aromatic rings. The molecule has 3 aliphatic carbocycles. The summed E-state index contributed by atoms with van der Waals surface area (Å²) in [5, 5.41) is 9.59. The molecule has 1 N–H and O–H groups in total. The van der Waals surface area contributed by atoms with Gasteiger partial charge in [-0.1, -0.05) is 19.4 Å². The minimum absolute atomic E-state index is 0.342. The Hall–Kier alpha value is -0.300. The fourth-order valence-corrected chi connectivity index (χ4v) is 4.23. The number of rotatable bonds is 4. The van der Waals surface area contributed by atoms with Gasteiger partial charge in [-0.15, -0.1) is 6.58 Å². The second-order valence-electron chi connectivity index (χ2n) is 6.71. The lowest BCUT2D eigenvalue weighted by Crippen LogP contribution is -2.54. The maximum absolute atomic E-state index is 9.59. The monoisotopic (exact) mass is 222 g/mol. The fourth-order valence-electron chi connectivity index (χ4n) is 4.23. The zero-order chi connectivity index (χ0) is 11.9. The summed E-state index contributed by atoms with van der Waals surface area (Å²) >= 11 is 0. The van der Waals surface area contributed by atoms with Crippen molar-refractivity contribution in [1.82, 2.24) is 0 Å². The van der Waals surface area contributed by atoms with Crippen molar-refractivity contribution >= 4 is 0 Å². The fraction of sp³-hybridized carbons (Fsp3) is 0.867. The molecule has 1 heteroatoms. The third-order valence-corrected chi connectivity index (χ3v) is 5.36. The Bertz CT molecular complexity index is 277. The van der Waals surface area contributed by atoms with E-state index in [1.807, 2.05) is 0 Å². The number of hydrogen-bond acceptors (Lipinski definition) is 1. The zero-order valence-corrected chi connectivity index (χ0v) is 11.0. The first-order chi connectivity index (χ1) is 7.46. The van der Waals surface area contributed by atoms with Crippen LogP contribution in [0.1, 0.15) is 46.5 Å². The Morgan fingerprint density at radius 1 is 1.44 bits per heavy atom. The highest BCUT2D eigenvalue weighted by molar-refractivity contribution is 5.06. The molecule has 3 rings (SSSR count). The first-order valence-electron chi connectivity index (χ1n) is 6.72. The quantitative estimate of drug-likeness (QED) is 0.720. The van der Waals surface area contributed by atoms with E-state index in [2.05, 4.69) is 27.4 Å². The third-order valence-electron chi connectivity index (χ3n) is 5.36. The number of fused-ring (bicyclic) bond motifs is 2. The Labute approximate surface area is 99.9 Å². The van der Waals surface area contributed by atoms with E-state index in [1.54, 1.807) is 0 Å². The van der Waals surface area contributed by atoms with Crippen molar-refractivity contribution in [2.24, 2.45) is 29.1 Å². The highest BCUT2D eigenvalue weighted by atomic mass is 16.3. The van der Waals surface area contributed by atoms with Crippen molar-refractivity contribution in [2.45, 2.75) is 46.5 Å². The van der Waals surface area contributed by atoms with Gasteiger partial charge in [0, 0.05) is 6.61 Å². The van der Waals surface area contributed by atoms with Crippen LogP contribution >= 0.6 is 0 Å². The lowest BCUT2D eigenvalue weighted by atomic mass is 9.44. The summed E-state index contributed by atoms with van der Waals surface area (Å²) in [6.07, 6.45) is 5.13. The van der Waals surface area contributed by atoms with Gasteiger partial charge in [-0.3, -0.25) is 0 Å². The molecule has 3 saturated carbocycles. The molecule has 0 amide bonds. The Morgan fingerprint density at radius 3 is 2.56 bits per heavy atom. The first kappa shape index (κ1) is 12.2. The van der Waals surface area contributed by atoms with Crippen molar-refractivity contribution in [3.63, 3.8) is 0 Å². The summed E-state index contributed by atoms with van der Waals surface area (Å²) in [5.41, 5.74) is 1.75. The van der Waals surface area contributed by atoms with Crippen LogP contribution < -0.4 is 0 Å². The molecule has 1 nitrogen and oxygen atoms in total. The summed E-state index contributed by atoms with van der Waals surface area (Å²) in [7, 11) is 0. The van der Waals surface area contributed by atoms with Gasteiger partial charge < -0.3 is 5.11 Å². The second-order valence-corrected chi connectivity index (χ2v) is 6.71. The molecule has 2 unspecified atom stereocenters. The standard InChI is InChI=1S/C15H26O/c1-10(2)7-11(9-16)13-6-5-12-8-14(13)15(12,3)4/h11-14,16H,1,5-9H2,2-4H3/t11?,12-,13?,14-/m1/s1. The van der Waals surface area contributed by atoms with Crippen LogP contribution in [0, 0.1) is 29.1 Å². The van der Waals surface area contributed by atoms with E-state index in [0.29, 0.717) is 17.9 Å². The van der Waals surface area contributed by atoms with Crippen LogP contribution in [0.15, 0.2) is 12.2 Å². The molecule has 3 aliphatic rings. The van der Waals surface area contributed by atoms with E-state index in [-0.39, 0.29) is 0 Å². The van der Waals surface area contributed by atoms with Crippen molar-refractivity contribution < 1.29 is 5.11 Å². The lowest BCUT2D eigenvalue weighted by Gasteiger charge is -2.61. The maximum atomic E-state index is 9.59. The van der Waals surface area contributed by atoms with Gasteiger partial charge in [0.1, 0.15) is 0 Å². The molecular formula is C15H26O. The van der Waals surface area contributed by atoms with Crippen molar-refractivity contribution in [3.8, 4) is 0 Å². The van der Waals surface area contributed by atoms with E-state index in [9.17, 15) is 5.11 Å². The number of hydrogen-bond donors (Lipinski definition) is 1. The predicted octanol–water partition coefficient (Wildman–Crippen LogP) is 3.63. The minimum Gasteiger partial charge on any atom is -0.396 e. The molecule has 16 heavy (non-hydrogen) atoms. The average molecular weight is 222 g/mol. The average Bonchev–Trinajstić information content (AvgIpc) is 2.25. The normalized spacial score (nSPS) is 37.6. The van der Waals surface area contributed by atoms with Crippen LogP contribution in [0.3, 0.4) is 0 Å². The Balaban J connectivity index is 2.05. The van der Waals surface area contributed by atoms with Crippen LogP contribution in [-0.2, 0) is 0 Å². The largest absolute Gasteiger partial charge is 0.396 e. The summed E-state index contributed by atoms with van der Waals surface area (Å²) in [4.78, 5) is 0. The highest BCUT2D eigenvalue weighted by Crippen LogP contribution is 2.63. The summed E-state index contributed by atoms with van der Waals surface area (Å²) in [5.74, 6) is 3.00. The summed E-state index contributed by atoms with van der Waals surface area (Å²) in [6.45, 7) is 11.3. The van der Waals surface area contributed by atoms with E-state index < -0.39 is 0 Å². The van der Waals surface area contributed by atoms with Gasteiger partial charge in [0.15, 0.2) is 0 Å². The molecular weight excluding hydrogens is 196 g/mol. The lowest BCUT2D eigenvalue weighted by molar-refractivity contribution is -0.125. The SMILES string of the molecule is C=C(C)CC(CO)C1CC[C@@H]2C[C@H]1C2(C)C. The molecule has 0 aromatic heterocycles. The van der Waals surface area contributed by atoms with Crippen molar-refractivity contribution in [1.29, 1.82) is 0 Å². The topological polar surface area (TPSA) is 20.2 Å². The highest BCUT2D eigenvalue weighted by Gasteiger charge is 2.55. The molecule has 0 radical (unpaired) electrons. The molecule has 0 heterocycles. The summed E-state index contributed by atoms with van der Waals surface area (Å²) < 4.78 is 0. The van der Waals surface area contributed by atoms with Gasteiger partial charge in [-0.05, 0) is 61.7 Å². The van der Waals surface area contributed by atoms with Crippen molar-refractivity contribution in [3.05, 3.63) is 12.2 Å². The van der Waals surface area contributed by atoms with Crippen molar-refractivity contribution in [2.75, 3.05) is 6.61 Å². The molecule has 0 aliphatic heterocycles. The van der Waals surface area contributed by atoms with E-state index in [0.717, 1.165) is 24.2 Å². The van der Waals surface area contributed by atoms with E-state index >= 15 is 0 Å². The minimum atomic E-state index is 0.342. The number of aliphatic hydroxyl groups is 1. The predicted molar refractivity (Wildman–Crippen MR) is 68.1 cm³/mol. The van der Waals surface area contributed by atoms with Gasteiger partial charge in [0.05, 0.1) is 0 Å². The van der Waals surface area contributed by atoms with Gasteiger partial charge in [0.25, 0.3) is 0 Å². The Kier molecular flexibility index (Phi) is 3.18. The van der Waals surface area contributed by atoms with E-state index in [1.165, 1.54) is 24.8 Å². The summed E-state index contributed by atoms with van der Waals surface area (Å²) in [6, 6.07) is 0. The van der Waals surface area contributed by atoms with Crippen LogP contribution in [0.2, 0.25) is 0 Å². The van der Waals surface area contributed by atoms with E-state index in [4.69, 9.17) is 0 Å². The zero-order valence-electron chi connectivity index (χ0n) is 11.0. The molecule has 3 fully saturated rings. The van der Waals surface area contributed by atoms with Crippen LogP contribution in [-0.4, -0.2) is 11.7 Å². The maximum Gasteiger partial charge on any atom is 0.0465 e. The number of aliphatic hydroxyl groups excluding tert-OH is 1. The first-order valence-corrected chi connectivity index (χ1v) is 6.72. The van der Waals surface area contributed by atoms with Crippen LogP contribution in [0.4, 0.5) is 0 Å². The van der Waals surface area contributed by atoms with Crippen LogP contribution in [0.25, 0.3) is 0 Å². The molecule has 92 valence electrons. The second kappa shape index (κ2) is 4.18. The molecule has 4 atom stereocenters. The molecule has 2 bridgehead atoms. The molecule has 0 aromatic carbocycles. The van der Waals surface area contributed by atoms with Gasteiger partial charge >= 0.3 is 0 Å². The number of allylic oxidation sites excluding steroid dienone is 1. The third kappa shape index (κ3) is 1.84. The Morgan fingerprint density at radius 2 is 2.12 bits per heavy atom. The van der Waals surface area contributed by atoms with Gasteiger partial charge in [-0.2, -0.15) is 0 Å². The van der Waals surface area contributed by atoms with Gasteiger partial charge in [-0.25, -0.2) is 0 Å². The smallest absolute Gasteiger partial charge is 0.0465 e.